The molecule has 0 saturated heterocycles. The van der Waals surface area contributed by atoms with Crippen molar-refractivity contribution in [3.8, 4) is 0 Å². The van der Waals surface area contributed by atoms with Crippen LogP contribution in [-0.2, 0) is 0 Å². The minimum Gasteiger partial charge on any atom is -0.310 e. The van der Waals surface area contributed by atoms with Crippen molar-refractivity contribution < 1.29 is 0 Å². The van der Waals surface area contributed by atoms with Crippen molar-refractivity contribution in [3.05, 3.63) is 24.8 Å². The van der Waals surface area contributed by atoms with Crippen LogP contribution in [0.1, 0.15) is 26.7 Å². The summed E-state index contributed by atoms with van der Waals surface area (Å²) in [6, 6.07) is 0. The van der Waals surface area contributed by atoms with Gasteiger partial charge in [-0.25, -0.2) is 4.98 Å². The molecule has 2 nitrogen and oxygen atoms in total. The second-order valence-electron chi connectivity index (χ2n) is 2.43. The molecule has 0 aliphatic carbocycles. The second kappa shape index (κ2) is 3.96. The summed E-state index contributed by atoms with van der Waals surface area (Å²) in [7, 11) is 0. The summed E-state index contributed by atoms with van der Waals surface area (Å²) >= 11 is 0. The predicted molar refractivity (Wildman–Crippen MR) is 47.1 cm³/mol. The predicted octanol–water partition coefficient (Wildman–Crippen LogP) is 2.54. The third-order valence-electron chi connectivity index (χ3n) is 1.64. The van der Waals surface area contributed by atoms with Gasteiger partial charge in [-0.15, -0.1) is 0 Å². The summed E-state index contributed by atoms with van der Waals surface area (Å²) in [5.41, 5.74) is 1.32. The number of rotatable bonds is 3. The quantitative estimate of drug-likeness (QED) is 0.647. The molecule has 0 aromatic carbocycles. The van der Waals surface area contributed by atoms with Crippen molar-refractivity contribution in [1.82, 2.24) is 9.55 Å². The van der Waals surface area contributed by atoms with Crippen LogP contribution in [0.3, 0.4) is 0 Å². The van der Waals surface area contributed by atoms with Gasteiger partial charge in [-0.3, -0.25) is 0 Å². The fourth-order valence-corrected chi connectivity index (χ4v) is 1.10. The molecule has 0 N–H and O–H groups in total. The smallest absolute Gasteiger partial charge is 0.0989 e. The number of hydrogen-bond donors (Lipinski definition) is 0. The molecular weight excluding hydrogens is 136 g/mol. The van der Waals surface area contributed by atoms with Gasteiger partial charge >= 0.3 is 0 Å². The van der Waals surface area contributed by atoms with Crippen molar-refractivity contribution in [2.75, 3.05) is 0 Å². The van der Waals surface area contributed by atoms with E-state index in [4.69, 9.17) is 0 Å². The first-order chi connectivity index (χ1) is 5.38. The molecule has 0 fully saturated rings. The molecule has 1 aromatic rings. The Kier molecular flexibility index (Phi) is 2.90. The Balaban J connectivity index is 2.79. The van der Waals surface area contributed by atoms with Gasteiger partial charge in [0.25, 0.3) is 0 Å². The molecule has 1 aromatic heterocycles. The molecule has 0 atom stereocenters. The standard InChI is InChI=1S/C9H14N2/c1-3-5-9(4-2)11-7-6-10-8-11/h5-8H,3-4H2,1-2H3/b9-5+. The highest BCUT2D eigenvalue weighted by molar-refractivity contribution is 5.43. The monoisotopic (exact) mass is 150 g/mol. The van der Waals surface area contributed by atoms with Crippen LogP contribution in [-0.4, -0.2) is 9.55 Å². The molecule has 0 radical (unpaired) electrons. The highest BCUT2D eigenvalue weighted by Gasteiger charge is 1.93. The zero-order valence-corrected chi connectivity index (χ0v) is 7.12. The lowest BCUT2D eigenvalue weighted by atomic mass is 10.3. The van der Waals surface area contributed by atoms with Gasteiger partial charge in [0.2, 0.25) is 0 Å². The van der Waals surface area contributed by atoms with Gasteiger partial charge in [0.1, 0.15) is 0 Å². The third kappa shape index (κ3) is 1.93. The zero-order chi connectivity index (χ0) is 8.10. The van der Waals surface area contributed by atoms with Crippen LogP contribution >= 0.6 is 0 Å². The molecule has 0 spiro atoms. The minimum absolute atomic E-state index is 1.06. The van der Waals surface area contributed by atoms with E-state index in [9.17, 15) is 0 Å². The van der Waals surface area contributed by atoms with Crippen LogP contribution in [0, 0.1) is 0 Å². The Bertz CT molecular complexity index is 222. The van der Waals surface area contributed by atoms with E-state index in [1.807, 2.05) is 12.5 Å². The summed E-state index contributed by atoms with van der Waals surface area (Å²) in [4.78, 5) is 4.00. The van der Waals surface area contributed by atoms with E-state index in [-0.39, 0.29) is 0 Å². The third-order valence-corrected chi connectivity index (χ3v) is 1.64. The Morgan fingerprint density at radius 1 is 1.55 bits per heavy atom. The first-order valence-corrected chi connectivity index (χ1v) is 4.05. The van der Waals surface area contributed by atoms with Crippen molar-refractivity contribution in [1.29, 1.82) is 0 Å². The number of allylic oxidation sites excluding steroid dienone is 2. The first-order valence-electron chi connectivity index (χ1n) is 4.05. The van der Waals surface area contributed by atoms with Gasteiger partial charge in [-0.2, -0.15) is 0 Å². The van der Waals surface area contributed by atoms with Gasteiger partial charge < -0.3 is 4.57 Å². The first kappa shape index (κ1) is 8.05. The van der Waals surface area contributed by atoms with Crippen molar-refractivity contribution in [2.24, 2.45) is 0 Å². The highest BCUT2D eigenvalue weighted by atomic mass is 15.0. The molecule has 0 unspecified atom stereocenters. The second-order valence-corrected chi connectivity index (χ2v) is 2.43. The fourth-order valence-electron chi connectivity index (χ4n) is 1.10. The molecule has 0 aliphatic rings. The molecule has 1 rings (SSSR count). The Labute approximate surface area is 67.6 Å². The topological polar surface area (TPSA) is 17.8 Å². The lowest BCUT2D eigenvalue weighted by Crippen LogP contribution is -1.91. The fraction of sp³-hybridized carbons (Fsp3) is 0.444. The van der Waals surface area contributed by atoms with E-state index in [2.05, 4.69) is 29.5 Å². The molecule has 2 heteroatoms. The molecule has 1 heterocycles. The highest BCUT2D eigenvalue weighted by Crippen LogP contribution is 2.08. The molecule has 0 amide bonds. The average Bonchev–Trinajstić information content (AvgIpc) is 2.52. The van der Waals surface area contributed by atoms with Gasteiger partial charge in [0.15, 0.2) is 0 Å². The lowest BCUT2D eigenvalue weighted by Gasteiger charge is -2.03. The molecule has 0 aliphatic heterocycles. The van der Waals surface area contributed by atoms with Gasteiger partial charge in [-0.1, -0.05) is 19.9 Å². The Hall–Kier alpha value is -1.05. The van der Waals surface area contributed by atoms with E-state index in [0.717, 1.165) is 12.8 Å². The van der Waals surface area contributed by atoms with E-state index >= 15 is 0 Å². The van der Waals surface area contributed by atoms with Crippen LogP contribution in [0.2, 0.25) is 0 Å². The van der Waals surface area contributed by atoms with E-state index in [1.54, 1.807) is 6.20 Å². The molecular formula is C9H14N2. The number of imidazole rings is 1. The van der Waals surface area contributed by atoms with Crippen molar-refractivity contribution in [2.45, 2.75) is 26.7 Å². The summed E-state index contributed by atoms with van der Waals surface area (Å²) in [5, 5.41) is 0. The maximum Gasteiger partial charge on any atom is 0.0989 e. The largest absolute Gasteiger partial charge is 0.310 e. The Morgan fingerprint density at radius 3 is 2.82 bits per heavy atom. The van der Waals surface area contributed by atoms with Crippen molar-refractivity contribution >= 4 is 5.70 Å². The van der Waals surface area contributed by atoms with Gasteiger partial charge in [-0.05, 0) is 12.8 Å². The van der Waals surface area contributed by atoms with E-state index in [1.165, 1.54) is 5.70 Å². The van der Waals surface area contributed by atoms with E-state index in [0.29, 0.717) is 0 Å². The summed E-state index contributed by atoms with van der Waals surface area (Å²) < 4.78 is 2.06. The number of aromatic nitrogens is 2. The average molecular weight is 150 g/mol. The number of hydrogen-bond acceptors (Lipinski definition) is 1. The molecule has 11 heavy (non-hydrogen) atoms. The Morgan fingerprint density at radius 2 is 2.36 bits per heavy atom. The van der Waals surface area contributed by atoms with Crippen LogP contribution in [0.4, 0.5) is 0 Å². The molecule has 0 saturated carbocycles. The van der Waals surface area contributed by atoms with E-state index < -0.39 is 0 Å². The summed E-state index contributed by atoms with van der Waals surface area (Å²) in [6.07, 6.45) is 9.99. The van der Waals surface area contributed by atoms with Crippen molar-refractivity contribution in [3.63, 3.8) is 0 Å². The van der Waals surface area contributed by atoms with Gasteiger partial charge in [0, 0.05) is 18.1 Å². The van der Waals surface area contributed by atoms with Crippen LogP contribution in [0.15, 0.2) is 24.8 Å². The minimum atomic E-state index is 1.06. The molecule has 60 valence electrons. The normalized spacial score (nSPS) is 12.0. The van der Waals surface area contributed by atoms with Gasteiger partial charge in [0.05, 0.1) is 6.33 Å². The maximum atomic E-state index is 4.00. The van der Waals surface area contributed by atoms with Crippen LogP contribution in [0.25, 0.3) is 5.70 Å². The summed E-state index contributed by atoms with van der Waals surface area (Å²) in [5.74, 6) is 0. The van der Waals surface area contributed by atoms with Crippen LogP contribution < -0.4 is 0 Å². The zero-order valence-electron chi connectivity index (χ0n) is 7.12. The van der Waals surface area contributed by atoms with Crippen LogP contribution in [0.5, 0.6) is 0 Å². The summed E-state index contributed by atoms with van der Waals surface area (Å²) in [6.45, 7) is 4.30. The lowest BCUT2D eigenvalue weighted by molar-refractivity contribution is 0.989. The number of nitrogens with zero attached hydrogens (tertiary/aromatic N) is 2. The molecule has 0 bridgehead atoms. The SMILES string of the molecule is CC/C=C(\CC)n1ccnc1. The maximum absolute atomic E-state index is 4.00.